The molecule has 1 aromatic rings. The summed E-state index contributed by atoms with van der Waals surface area (Å²) in [6, 6.07) is 0. The predicted octanol–water partition coefficient (Wildman–Crippen LogP) is 0.661. The number of aliphatic carboxylic acids is 1. The zero-order valence-electron chi connectivity index (χ0n) is 10.5. The number of aromatic nitrogens is 2. The Bertz CT molecular complexity index is 509. The van der Waals surface area contributed by atoms with Crippen LogP contribution in [-0.2, 0) is 16.1 Å². The monoisotopic (exact) mass is 265 g/mol. The highest BCUT2D eigenvalue weighted by Gasteiger charge is 2.33. The van der Waals surface area contributed by atoms with Gasteiger partial charge in [-0.1, -0.05) is 17.3 Å². The smallest absolute Gasteiger partial charge is 0.307 e. The van der Waals surface area contributed by atoms with Gasteiger partial charge in [0.15, 0.2) is 5.82 Å². The minimum Gasteiger partial charge on any atom is -0.481 e. The summed E-state index contributed by atoms with van der Waals surface area (Å²) >= 11 is 0. The lowest BCUT2D eigenvalue weighted by molar-refractivity contribution is -0.147. The molecule has 0 spiro atoms. The molecule has 0 saturated heterocycles. The number of rotatable bonds is 4. The Balaban J connectivity index is 1.95. The summed E-state index contributed by atoms with van der Waals surface area (Å²) < 4.78 is 4.87. The van der Waals surface area contributed by atoms with Crippen molar-refractivity contribution in [1.29, 1.82) is 0 Å². The Morgan fingerprint density at radius 1 is 1.42 bits per heavy atom. The fourth-order valence-corrected chi connectivity index (χ4v) is 2.08. The number of allylic oxidation sites excluding steroid dienone is 2. The summed E-state index contributed by atoms with van der Waals surface area (Å²) in [6.45, 7) is 1.80. The molecule has 2 rings (SSSR count). The van der Waals surface area contributed by atoms with Gasteiger partial charge in [0.1, 0.15) is 0 Å². The molecule has 0 aromatic carbocycles. The first-order valence-corrected chi connectivity index (χ1v) is 6.02. The second-order valence-electron chi connectivity index (χ2n) is 4.45. The second-order valence-corrected chi connectivity index (χ2v) is 4.45. The number of hydrogen-bond acceptors (Lipinski definition) is 5. The van der Waals surface area contributed by atoms with Crippen LogP contribution in [0.1, 0.15) is 24.6 Å². The van der Waals surface area contributed by atoms with Crippen molar-refractivity contribution in [2.45, 2.75) is 26.3 Å². The second kappa shape index (κ2) is 5.64. The number of nitrogens with one attached hydrogen (secondary N) is 1. The summed E-state index contributed by atoms with van der Waals surface area (Å²) in [4.78, 5) is 27.0. The van der Waals surface area contributed by atoms with Crippen LogP contribution in [-0.4, -0.2) is 27.1 Å². The van der Waals surface area contributed by atoms with Crippen LogP contribution in [0.5, 0.6) is 0 Å². The van der Waals surface area contributed by atoms with Crippen molar-refractivity contribution < 1.29 is 19.2 Å². The maximum absolute atomic E-state index is 12.0. The van der Waals surface area contributed by atoms with E-state index >= 15 is 0 Å². The van der Waals surface area contributed by atoms with Gasteiger partial charge in [-0.3, -0.25) is 9.59 Å². The molecule has 0 saturated carbocycles. The Kier molecular flexibility index (Phi) is 3.94. The van der Waals surface area contributed by atoms with Crippen LogP contribution in [0.15, 0.2) is 16.7 Å². The van der Waals surface area contributed by atoms with E-state index in [0.29, 0.717) is 24.6 Å². The van der Waals surface area contributed by atoms with E-state index in [1.54, 1.807) is 13.0 Å². The van der Waals surface area contributed by atoms with Crippen molar-refractivity contribution >= 4 is 11.9 Å². The summed E-state index contributed by atoms with van der Waals surface area (Å²) in [6.07, 6.45) is 4.45. The highest BCUT2D eigenvalue weighted by molar-refractivity contribution is 5.85. The number of amides is 1. The van der Waals surface area contributed by atoms with Gasteiger partial charge in [0.05, 0.1) is 18.4 Å². The van der Waals surface area contributed by atoms with Gasteiger partial charge < -0.3 is 14.9 Å². The Morgan fingerprint density at radius 2 is 2.11 bits per heavy atom. The Labute approximate surface area is 109 Å². The van der Waals surface area contributed by atoms with E-state index in [4.69, 9.17) is 9.63 Å². The van der Waals surface area contributed by atoms with Gasteiger partial charge in [-0.2, -0.15) is 4.98 Å². The number of carboxylic acids is 1. The van der Waals surface area contributed by atoms with Crippen molar-refractivity contribution in [2.24, 2.45) is 11.8 Å². The Hall–Kier alpha value is -2.18. The van der Waals surface area contributed by atoms with Crippen LogP contribution in [0.3, 0.4) is 0 Å². The molecule has 1 aliphatic carbocycles. The van der Waals surface area contributed by atoms with Gasteiger partial charge in [-0.05, 0) is 19.8 Å². The zero-order valence-corrected chi connectivity index (χ0v) is 10.5. The molecule has 102 valence electrons. The van der Waals surface area contributed by atoms with E-state index in [1.807, 2.05) is 6.08 Å². The maximum atomic E-state index is 12.0. The molecule has 0 bridgehead atoms. The lowest BCUT2D eigenvalue weighted by Gasteiger charge is -2.23. The summed E-state index contributed by atoms with van der Waals surface area (Å²) in [7, 11) is 0. The third kappa shape index (κ3) is 3.18. The first-order chi connectivity index (χ1) is 9.08. The Morgan fingerprint density at radius 3 is 2.68 bits per heavy atom. The number of carbonyl (C=O) groups is 2. The SMILES string of the molecule is Cc1noc(CNC(=O)C2CC=CCC2C(=O)O)n1. The van der Waals surface area contributed by atoms with E-state index in [0.717, 1.165) is 0 Å². The topological polar surface area (TPSA) is 105 Å². The molecule has 1 aliphatic rings. The molecule has 7 heteroatoms. The number of hydrogen-bond donors (Lipinski definition) is 2. The number of aryl methyl sites for hydroxylation is 1. The molecule has 0 radical (unpaired) electrons. The highest BCUT2D eigenvalue weighted by atomic mass is 16.5. The number of nitrogens with zero attached hydrogens (tertiary/aromatic N) is 2. The third-order valence-corrected chi connectivity index (χ3v) is 3.07. The molecule has 7 nitrogen and oxygen atoms in total. The van der Waals surface area contributed by atoms with Crippen molar-refractivity contribution in [3.63, 3.8) is 0 Å². The van der Waals surface area contributed by atoms with Crippen molar-refractivity contribution in [2.75, 3.05) is 0 Å². The fraction of sp³-hybridized carbons (Fsp3) is 0.500. The first kappa shape index (κ1) is 13.3. The standard InChI is InChI=1S/C12H15N3O4/c1-7-14-10(19-15-7)6-13-11(16)8-4-2-3-5-9(8)12(17)18/h2-3,8-9H,4-6H2,1H3,(H,13,16)(H,17,18). The van der Waals surface area contributed by atoms with E-state index in [-0.39, 0.29) is 12.5 Å². The van der Waals surface area contributed by atoms with Crippen molar-refractivity contribution in [1.82, 2.24) is 15.5 Å². The van der Waals surface area contributed by atoms with Gasteiger partial charge in [0.25, 0.3) is 0 Å². The molecule has 0 aliphatic heterocycles. The van der Waals surface area contributed by atoms with Gasteiger partial charge in [-0.15, -0.1) is 0 Å². The average Bonchev–Trinajstić information content (AvgIpc) is 2.81. The largest absolute Gasteiger partial charge is 0.481 e. The third-order valence-electron chi connectivity index (χ3n) is 3.07. The summed E-state index contributed by atoms with van der Waals surface area (Å²) in [5.41, 5.74) is 0. The molecule has 1 heterocycles. The molecular weight excluding hydrogens is 250 g/mol. The van der Waals surface area contributed by atoms with Crippen LogP contribution < -0.4 is 5.32 Å². The van der Waals surface area contributed by atoms with Crippen molar-refractivity contribution in [3.05, 3.63) is 23.9 Å². The summed E-state index contributed by atoms with van der Waals surface area (Å²) in [5.74, 6) is -1.66. The first-order valence-electron chi connectivity index (χ1n) is 6.02. The molecule has 2 atom stereocenters. The molecule has 1 aromatic heterocycles. The summed E-state index contributed by atoms with van der Waals surface area (Å²) in [5, 5.41) is 15.3. The van der Waals surface area contributed by atoms with Crippen LogP contribution in [0.2, 0.25) is 0 Å². The van der Waals surface area contributed by atoms with Crippen LogP contribution in [0, 0.1) is 18.8 Å². The van der Waals surface area contributed by atoms with Gasteiger partial charge in [0, 0.05) is 0 Å². The van der Waals surface area contributed by atoms with Crippen molar-refractivity contribution in [3.8, 4) is 0 Å². The van der Waals surface area contributed by atoms with Crippen LogP contribution in [0.4, 0.5) is 0 Å². The minimum absolute atomic E-state index is 0.117. The van der Waals surface area contributed by atoms with E-state index in [1.165, 1.54) is 0 Å². The lowest BCUT2D eigenvalue weighted by Crippen LogP contribution is -2.38. The molecular formula is C12H15N3O4. The predicted molar refractivity (Wildman–Crippen MR) is 63.9 cm³/mol. The fourth-order valence-electron chi connectivity index (χ4n) is 2.08. The van der Waals surface area contributed by atoms with E-state index in [2.05, 4.69) is 15.5 Å². The maximum Gasteiger partial charge on any atom is 0.307 e. The number of carboxylic acid groups (broad SMARTS) is 1. The van der Waals surface area contributed by atoms with Gasteiger partial charge in [0.2, 0.25) is 11.8 Å². The van der Waals surface area contributed by atoms with Crippen LogP contribution >= 0.6 is 0 Å². The lowest BCUT2D eigenvalue weighted by atomic mass is 9.82. The van der Waals surface area contributed by atoms with Gasteiger partial charge >= 0.3 is 5.97 Å². The molecule has 2 unspecified atom stereocenters. The molecule has 19 heavy (non-hydrogen) atoms. The molecule has 0 fully saturated rings. The quantitative estimate of drug-likeness (QED) is 0.775. The van der Waals surface area contributed by atoms with Crippen LogP contribution in [0.25, 0.3) is 0 Å². The highest BCUT2D eigenvalue weighted by Crippen LogP contribution is 2.26. The normalized spacial score (nSPS) is 22.2. The molecule has 1 amide bonds. The minimum atomic E-state index is -0.946. The zero-order chi connectivity index (χ0) is 13.8. The number of carbonyl (C=O) groups excluding carboxylic acids is 1. The molecule has 2 N–H and O–H groups in total. The van der Waals surface area contributed by atoms with Gasteiger partial charge in [-0.25, -0.2) is 0 Å². The van der Waals surface area contributed by atoms with E-state index in [9.17, 15) is 9.59 Å². The average molecular weight is 265 g/mol. The van der Waals surface area contributed by atoms with E-state index < -0.39 is 17.8 Å².